The van der Waals surface area contributed by atoms with Crippen LogP contribution in [-0.2, 0) is 11.2 Å². The molecule has 116 valence electrons. The minimum atomic E-state index is -0.508. The van der Waals surface area contributed by atoms with Crippen LogP contribution < -0.4 is 10.1 Å². The summed E-state index contributed by atoms with van der Waals surface area (Å²) in [5.41, 5.74) is 2.00. The summed E-state index contributed by atoms with van der Waals surface area (Å²) < 4.78 is 6.73. The zero-order valence-corrected chi connectivity index (χ0v) is 14.4. The van der Waals surface area contributed by atoms with Gasteiger partial charge in [-0.3, -0.25) is 4.79 Å². The molecule has 0 unspecified atom stereocenters. The molecule has 0 fully saturated rings. The van der Waals surface area contributed by atoms with Crippen molar-refractivity contribution in [1.82, 2.24) is 0 Å². The molecule has 0 aliphatic carbocycles. The van der Waals surface area contributed by atoms with Crippen molar-refractivity contribution in [2.24, 2.45) is 0 Å². The van der Waals surface area contributed by atoms with Gasteiger partial charge in [0.1, 0.15) is 5.75 Å². The number of anilines is 1. The predicted molar refractivity (Wildman–Crippen MR) is 93.3 cm³/mol. The first-order valence-corrected chi connectivity index (χ1v) is 8.23. The van der Waals surface area contributed by atoms with E-state index in [9.17, 15) is 4.79 Å². The van der Waals surface area contributed by atoms with Crippen molar-refractivity contribution in [3.63, 3.8) is 0 Å². The van der Waals surface area contributed by atoms with E-state index in [0.29, 0.717) is 12.2 Å². The van der Waals surface area contributed by atoms with Crippen molar-refractivity contribution in [3.8, 4) is 5.75 Å². The summed E-state index contributed by atoms with van der Waals surface area (Å²) in [4.78, 5) is 12.3. The van der Waals surface area contributed by atoms with Gasteiger partial charge in [0.2, 0.25) is 0 Å². The zero-order valence-electron chi connectivity index (χ0n) is 12.8. The van der Waals surface area contributed by atoms with Crippen LogP contribution in [0, 0.1) is 0 Å². The van der Waals surface area contributed by atoms with Gasteiger partial charge < -0.3 is 10.1 Å². The first-order valence-electron chi connectivity index (χ1n) is 7.44. The lowest BCUT2D eigenvalue weighted by molar-refractivity contribution is -0.122. The number of hydrogen-bond acceptors (Lipinski definition) is 2. The Morgan fingerprint density at radius 1 is 1.18 bits per heavy atom. The number of ether oxygens (including phenoxy) is 1. The maximum atomic E-state index is 12.3. The zero-order chi connectivity index (χ0) is 15.9. The van der Waals surface area contributed by atoms with Gasteiger partial charge in [0.25, 0.3) is 5.91 Å². The Morgan fingerprint density at radius 2 is 1.91 bits per heavy atom. The van der Waals surface area contributed by atoms with Crippen LogP contribution in [-0.4, -0.2) is 12.0 Å². The van der Waals surface area contributed by atoms with Gasteiger partial charge in [0.05, 0.1) is 0 Å². The standard InChI is InChI=1S/C18H20BrNO2/c1-3-13-8-10-16(11-9-13)22-17(4-2)18(21)20-15-7-5-6-14(19)12-15/h5-12,17H,3-4H2,1-2H3,(H,20,21)/t17-/m0/s1. The third-order valence-corrected chi connectivity index (χ3v) is 3.86. The normalized spacial score (nSPS) is 11.8. The van der Waals surface area contributed by atoms with E-state index in [1.165, 1.54) is 5.56 Å². The van der Waals surface area contributed by atoms with E-state index in [-0.39, 0.29) is 5.91 Å². The van der Waals surface area contributed by atoms with E-state index in [1.807, 2.05) is 55.5 Å². The summed E-state index contributed by atoms with van der Waals surface area (Å²) in [7, 11) is 0. The third kappa shape index (κ3) is 4.60. The van der Waals surface area contributed by atoms with Crippen molar-refractivity contribution >= 4 is 27.5 Å². The Morgan fingerprint density at radius 3 is 2.50 bits per heavy atom. The van der Waals surface area contributed by atoms with E-state index in [0.717, 1.165) is 16.6 Å². The summed E-state index contributed by atoms with van der Waals surface area (Å²) in [5, 5.41) is 2.88. The van der Waals surface area contributed by atoms with Gasteiger partial charge in [-0.1, -0.05) is 48.0 Å². The minimum absolute atomic E-state index is 0.139. The quantitative estimate of drug-likeness (QED) is 0.801. The molecule has 0 aromatic heterocycles. The van der Waals surface area contributed by atoms with Crippen molar-refractivity contribution < 1.29 is 9.53 Å². The molecule has 0 radical (unpaired) electrons. The van der Waals surface area contributed by atoms with E-state index >= 15 is 0 Å². The van der Waals surface area contributed by atoms with Crippen molar-refractivity contribution in [1.29, 1.82) is 0 Å². The summed E-state index contributed by atoms with van der Waals surface area (Å²) in [5.74, 6) is 0.577. The highest BCUT2D eigenvalue weighted by atomic mass is 79.9. The Bertz CT molecular complexity index is 625. The lowest BCUT2D eigenvalue weighted by Crippen LogP contribution is -2.32. The van der Waals surface area contributed by atoms with Gasteiger partial charge in [-0.15, -0.1) is 0 Å². The number of amides is 1. The Balaban J connectivity index is 2.02. The largest absolute Gasteiger partial charge is 0.481 e. The molecule has 0 saturated heterocycles. The van der Waals surface area contributed by atoms with Gasteiger partial charge in [-0.05, 0) is 48.7 Å². The molecule has 4 heteroatoms. The van der Waals surface area contributed by atoms with Gasteiger partial charge in [0.15, 0.2) is 6.10 Å². The second-order valence-corrected chi connectivity index (χ2v) is 5.93. The summed E-state index contributed by atoms with van der Waals surface area (Å²) in [6.07, 6.45) is 1.09. The number of hydrogen-bond donors (Lipinski definition) is 1. The van der Waals surface area contributed by atoms with E-state index in [1.54, 1.807) is 0 Å². The average molecular weight is 362 g/mol. The molecule has 1 atom stereocenters. The van der Waals surface area contributed by atoms with E-state index < -0.39 is 6.10 Å². The molecule has 0 bridgehead atoms. The van der Waals surface area contributed by atoms with Crippen LogP contribution in [0.25, 0.3) is 0 Å². The molecule has 1 amide bonds. The van der Waals surface area contributed by atoms with Gasteiger partial charge in [-0.25, -0.2) is 0 Å². The highest BCUT2D eigenvalue weighted by Gasteiger charge is 2.18. The molecular formula is C18H20BrNO2. The highest BCUT2D eigenvalue weighted by Crippen LogP contribution is 2.18. The molecule has 3 nitrogen and oxygen atoms in total. The molecule has 1 N–H and O–H groups in total. The van der Waals surface area contributed by atoms with Crippen molar-refractivity contribution in [3.05, 3.63) is 58.6 Å². The molecule has 0 saturated carbocycles. The molecule has 2 rings (SSSR count). The molecule has 2 aromatic rings. The number of aryl methyl sites for hydroxylation is 1. The summed E-state index contributed by atoms with van der Waals surface area (Å²) >= 11 is 3.39. The number of carbonyl (C=O) groups excluding carboxylic acids is 1. The van der Waals surface area contributed by atoms with Crippen LogP contribution in [0.3, 0.4) is 0 Å². The number of carbonyl (C=O) groups is 1. The lowest BCUT2D eigenvalue weighted by atomic mass is 10.1. The summed E-state index contributed by atoms with van der Waals surface area (Å²) in [6.45, 7) is 4.04. The number of rotatable bonds is 6. The second kappa shape index (κ2) is 7.99. The van der Waals surface area contributed by atoms with E-state index in [4.69, 9.17) is 4.74 Å². The molecule has 0 aliphatic rings. The second-order valence-electron chi connectivity index (χ2n) is 5.01. The number of nitrogens with one attached hydrogen (secondary N) is 1. The van der Waals surface area contributed by atoms with Gasteiger partial charge >= 0.3 is 0 Å². The fourth-order valence-electron chi connectivity index (χ4n) is 2.08. The molecule has 0 spiro atoms. The molecule has 2 aromatic carbocycles. The Labute approximate surface area is 139 Å². The van der Waals surface area contributed by atoms with Crippen LogP contribution in [0.15, 0.2) is 53.0 Å². The average Bonchev–Trinajstić information content (AvgIpc) is 2.53. The molecular weight excluding hydrogens is 342 g/mol. The van der Waals surface area contributed by atoms with E-state index in [2.05, 4.69) is 28.2 Å². The van der Waals surface area contributed by atoms with Crippen LogP contribution in [0.2, 0.25) is 0 Å². The fourth-order valence-corrected chi connectivity index (χ4v) is 2.48. The molecule has 0 aliphatic heterocycles. The summed E-state index contributed by atoms with van der Waals surface area (Å²) in [6, 6.07) is 15.4. The van der Waals surface area contributed by atoms with Crippen LogP contribution in [0.1, 0.15) is 25.8 Å². The Hall–Kier alpha value is -1.81. The number of benzene rings is 2. The van der Waals surface area contributed by atoms with Crippen LogP contribution >= 0.6 is 15.9 Å². The SMILES string of the molecule is CCc1ccc(O[C@@H](CC)C(=O)Nc2cccc(Br)c2)cc1. The minimum Gasteiger partial charge on any atom is -0.481 e. The maximum absolute atomic E-state index is 12.3. The molecule has 22 heavy (non-hydrogen) atoms. The van der Waals surface area contributed by atoms with Crippen LogP contribution in [0.4, 0.5) is 5.69 Å². The van der Waals surface area contributed by atoms with Crippen LogP contribution in [0.5, 0.6) is 5.75 Å². The smallest absolute Gasteiger partial charge is 0.265 e. The topological polar surface area (TPSA) is 38.3 Å². The third-order valence-electron chi connectivity index (χ3n) is 3.37. The van der Waals surface area contributed by atoms with Gasteiger partial charge in [-0.2, -0.15) is 0 Å². The molecule has 0 heterocycles. The first kappa shape index (κ1) is 16.6. The maximum Gasteiger partial charge on any atom is 0.265 e. The van der Waals surface area contributed by atoms with Gasteiger partial charge in [0, 0.05) is 10.2 Å². The fraction of sp³-hybridized carbons (Fsp3) is 0.278. The highest BCUT2D eigenvalue weighted by molar-refractivity contribution is 9.10. The lowest BCUT2D eigenvalue weighted by Gasteiger charge is -2.17. The first-order chi connectivity index (χ1) is 10.6. The monoisotopic (exact) mass is 361 g/mol. The van der Waals surface area contributed by atoms with Crippen molar-refractivity contribution in [2.45, 2.75) is 32.8 Å². The van der Waals surface area contributed by atoms with Crippen molar-refractivity contribution in [2.75, 3.05) is 5.32 Å². The Kier molecular flexibility index (Phi) is 6.01. The number of halogens is 1. The predicted octanol–water partition coefficient (Wildman–Crippen LogP) is 4.81.